The molecule has 100 valence electrons. The standard InChI is InChI=1S/C17H21NO/c1-13-8-6-7-11-16(13)17(19)12-18-14(2)15-9-4-3-5-10-15/h3-11,14,17-19H,12H2,1-2H3. The molecule has 0 aliphatic rings. The second-order valence-electron chi connectivity index (χ2n) is 4.91. The fourth-order valence-corrected chi connectivity index (χ4v) is 2.22. The first kappa shape index (κ1) is 13.8. The highest BCUT2D eigenvalue weighted by Crippen LogP contribution is 2.18. The summed E-state index contributed by atoms with van der Waals surface area (Å²) in [6.07, 6.45) is -0.465. The highest BCUT2D eigenvalue weighted by Gasteiger charge is 2.11. The summed E-state index contributed by atoms with van der Waals surface area (Å²) < 4.78 is 0. The van der Waals surface area contributed by atoms with Crippen LogP contribution in [0.2, 0.25) is 0 Å². The zero-order valence-electron chi connectivity index (χ0n) is 11.5. The lowest BCUT2D eigenvalue weighted by molar-refractivity contribution is 0.170. The second kappa shape index (κ2) is 6.50. The van der Waals surface area contributed by atoms with Gasteiger partial charge in [-0.25, -0.2) is 0 Å². The summed E-state index contributed by atoms with van der Waals surface area (Å²) in [6.45, 7) is 4.69. The molecule has 0 aromatic heterocycles. The number of hydrogen-bond donors (Lipinski definition) is 2. The van der Waals surface area contributed by atoms with Crippen LogP contribution in [-0.2, 0) is 0 Å². The van der Waals surface area contributed by atoms with Crippen molar-refractivity contribution in [2.24, 2.45) is 0 Å². The molecule has 0 bridgehead atoms. The Morgan fingerprint density at radius 3 is 2.32 bits per heavy atom. The van der Waals surface area contributed by atoms with Crippen molar-refractivity contribution in [3.05, 3.63) is 71.3 Å². The lowest BCUT2D eigenvalue weighted by Crippen LogP contribution is -2.25. The highest BCUT2D eigenvalue weighted by molar-refractivity contribution is 5.28. The van der Waals surface area contributed by atoms with E-state index in [4.69, 9.17) is 0 Å². The van der Waals surface area contributed by atoms with Crippen LogP contribution in [-0.4, -0.2) is 11.7 Å². The number of hydrogen-bond acceptors (Lipinski definition) is 2. The molecule has 2 heteroatoms. The molecule has 2 nitrogen and oxygen atoms in total. The largest absolute Gasteiger partial charge is 0.387 e. The first-order valence-corrected chi connectivity index (χ1v) is 6.70. The van der Waals surface area contributed by atoms with Crippen LogP contribution in [0.1, 0.15) is 35.8 Å². The normalized spacial score (nSPS) is 14.1. The van der Waals surface area contributed by atoms with Crippen LogP contribution < -0.4 is 5.32 Å². The van der Waals surface area contributed by atoms with Gasteiger partial charge >= 0.3 is 0 Å². The van der Waals surface area contributed by atoms with Crippen molar-refractivity contribution >= 4 is 0 Å². The predicted molar refractivity (Wildman–Crippen MR) is 79.0 cm³/mol. The molecule has 2 rings (SSSR count). The van der Waals surface area contributed by atoms with Gasteiger partial charge in [0.15, 0.2) is 0 Å². The average molecular weight is 255 g/mol. The predicted octanol–water partition coefficient (Wildman–Crippen LogP) is 3.38. The van der Waals surface area contributed by atoms with Crippen LogP contribution in [0.3, 0.4) is 0 Å². The third kappa shape index (κ3) is 3.66. The number of nitrogens with one attached hydrogen (secondary N) is 1. The van der Waals surface area contributed by atoms with Gasteiger partial charge in [-0.05, 0) is 30.5 Å². The first-order valence-electron chi connectivity index (χ1n) is 6.70. The molecular formula is C17H21NO. The van der Waals surface area contributed by atoms with Crippen LogP contribution in [0, 0.1) is 6.92 Å². The molecular weight excluding hydrogens is 234 g/mol. The van der Waals surface area contributed by atoms with Crippen LogP contribution >= 0.6 is 0 Å². The summed E-state index contributed by atoms with van der Waals surface area (Å²) in [4.78, 5) is 0. The van der Waals surface area contributed by atoms with Crippen molar-refractivity contribution in [2.45, 2.75) is 26.0 Å². The average Bonchev–Trinajstić information content (AvgIpc) is 2.46. The molecule has 0 saturated carbocycles. The monoisotopic (exact) mass is 255 g/mol. The quantitative estimate of drug-likeness (QED) is 0.858. The van der Waals surface area contributed by atoms with Crippen LogP contribution in [0.4, 0.5) is 0 Å². The van der Waals surface area contributed by atoms with Crippen molar-refractivity contribution in [3.63, 3.8) is 0 Å². The number of aliphatic hydroxyl groups excluding tert-OH is 1. The van der Waals surface area contributed by atoms with Gasteiger partial charge in [0.25, 0.3) is 0 Å². The van der Waals surface area contributed by atoms with E-state index >= 15 is 0 Å². The van der Waals surface area contributed by atoms with Gasteiger partial charge in [-0.2, -0.15) is 0 Å². The Kier molecular flexibility index (Phi) is 4.72. The van der Waals surface area contributed by atoms with Crippen molar-refractivity contribution in [1.82, 2.24) is 5.32 Å². The summed E-state index contributed by atoms with van der Waals surface area (Å²) in [5.74, 6) is 0. The summed E-state index contributed by atoms with van der Waals surface area (Å²) >= 11 is 0. The fourth-order valence-electron chi connectivity index (χ4n) is 2.22. The topological polar surface area (TPSA) is 32.3 Å². The molecule has 2 aromatic rings. The van der Waals surface area contributed by atoms with Gasteiger partial charge in [0.1, 0.15) is 0 Å². The molecule has 0 amide bonds. The van der Waals surface area contributed by atoms with Gasteiger partial charge in [0.05, 0.1) is 6.10 Å². The Balaban J connectivity index is 1.94. The van der Waals surface area contributed by atoms with Crippen molar-refractivity contribution in [3.8, 4) is 0 Å². The molecule has 0 aliphatic heterocycles. The van der Waals surface area contributed by atoms with Gasteiger partial charge in [-0.1, -0.05) is 54.6 Å². The molecule has 0 fully saturated rings. The zero-order valence-corrected chi connectivity index (χ0v) is 11.5. The number of aryl methyl sites for hydroxylation is 1. The van der Waals surface area contributed by atoms with Crippen LogP contribution in [0.15, 0.2) is 54.6 Å². The Hall–Kier alpha value is -1.64. The van der Waals surface area contributed by atoms with Gasteiger partial charge in [0.2, 0.25) is 0 Å². The van der Waals surface area contributed by atoms with Gasteiger partial charge in [0, 0.05) is 12.6 Å². The highest BCUT2D eigenvalue weighted by atomic mass is 16.3. The van der Waals surface area contributed by atoms with E-state index in [2.05, 4.69) is 24.4 Å². The molecule has 0 saturated heterocycles. The lowest BCUT2D eigenvalue weighted by Gasteiger charge is -2.19. The van der Waals surface area contributed by atoms with Crippen LogP contribution in [0.5, 0.6) is 0 Å². The summed E-state index contributed by atoms with van der Waals surface area (Å²) in [5.41, 5.74) is 3.36. The van der Waals surface area contributed by atoms with Crippen molar-refractivity contribution in [2.75, 3.05) is 6.54 Å². The van der Waals surface area contributed by atoms with E-state index in [-0.39, 0.29) is 6.04 Å². The molecule has 2 unspecified atom stereocenters. The van der Waals surface area contributed by atoms with Crippen LogP contribution in [0.25, 0.3) is 0 Å². The fraction of sp³-hybridized carbons (Fsp3) is 0.294. The Bertz CT molecular complexity index is 510. The van der Waals surface area contributed by atoms with E-state index in [9.17, 15) is 5.11 Å². The van der Waals surface area contributed by atoms with Gasteiger partial charge in [-0.3, -0.25) is 0 Å². The van der Waals surface area contributed by atoms with Crippen molar-refractivity contribution < 1.29 is 5.11 Å². The molecule has 19 heavy (non-hydrogen) atoms. The Labute approximate surface area is 115 Å². The van der Waals surface area contributed by atoms with E-state index in [0.717, 1.165) is 11.1 Å². The molecule has 2 aromatic carbocycles. The van der Waals surface area contributed by atoms with E-state index in [1.807, 2.05) is 49.4 Å². The minimum atomic E-state index is -0.465. The maximum atomic E-state index is 10.2. The van der Waals surface area contributed by atoms with Gasteiger partial charge < -0.3 is 10.4 Å². The maximum absolute atomic E-state index is 10.2. The maximum Gasteiger partial charge on any atom is 0.0917 e. The lowest BCUT2D eigenvalue weighted by atomic mass is 10.0. The third-order valence-corrected chi connectivity index (χ3v) is 3.46. The smallest absolute Gasteiger partial charge is 0.0917 e. The minimum Gasteiger partial charge on any atom is -0.387 e. The number of rotatable bonds is 5. The molecule has 2 N–H and O–H groups in total. The third-order valence-electron chi connectivity index (χ3n) is 3.46. The van der Waals surface area contributed by atoms with E-state index in [1.165, 1.54) is 5.56 Å². The minimum absolute atomic E-state index is 0.236. The first-order chi connectivity index (χ1) is 9.18. The zero-order chi connectivity index (χ0) is 13.7. The Morgan fingerprint density at radius 1 is 1.00 bits per heavy atom. The van der Waals surface area contributed by atoms with E-state index < -0.39 is 6.10 Å². The summed E-state index contributed by atoms with van der Waals surface area (Å²) in [7, 11) is 0. The summed E-state index contributed by atoms with van der Waals surface area (Å²) in [5, 5.41) is 13.6. The van der Waals surface area contributed by atoms with E-state index in [1.54, 1.807) is 0 Å². The molecule has 0 heterocycles. The molecule has 2 atom stereocenters. The molecule has 0 spiro atoms. The molecule has 0 aliphatic carbocycles. The Morgan fingerprint density at radius 2 is 1.63 bits per heavy atom. The number of aliphatic hydroxyl groups is 1. The van der Waals surface area contributed by atoms with Crippen molar-refractivity contribution in [1.29, 1.82) is 0 Å². The van der Waals surface area contributed by atoms with Gasteiger partial charge in [-0.15, -0.1) is 0 Å². The second-order valence-corrected chi connectivity index (χ2v) is 4.91. The number of benzene rings is 2. The summed E-state index contributed by atoms with van der Waals surface area (Å²) in [6, 6.07) is 18.5. The molecule has 0 radical (unpaired) electrons. The van der Waals surface area contributed by atoms with E-state index in [0.29, 0.717) is 6.54 Å². The SMILES string of the molecule is Cc1ccccc1C(O)CNC(C)c1ccccc1.